The van der Waals surface area contributed by atoms with Gasteiger partial charge in [0, 0.05) is 42.3 Å². The van der Waals surface area contributed by atoms with Crippen LogP contribution < -0.4 is 0 Å². The summed E-state index contributed by atoms with van der Waals surface area (Å²) in [6.07, 6.45) is 4.69. The van der Waals surface area contributed by atoms with Gasteiger partial charge in [-0.05, 0) is 60.7 Å². The molecule has 0 spiro atoms. The minimum absolute atomic E-state index is 0.115. The first-order valence-electron chi connectivity index (χ1n) is 11.4. The summed E-state index contributed by atoms with van der Waals surface area (Å²) in [7, 11) is 0. The van der Waals surface area contributed by atoms with E-state index in [0.717, 1.165) is 41.7 Å². The topological polar surface area (TPSA) is 23.6 Å². The first-order valence-corrected chi connectivity index (χ1v) is 12.2. The SMILES string of the molecule is O=C(/C=C/c1ccc(C(F)(F)F)cc1)N(Cc1ccc(Br)cc1)[C@H]1CCN(C2CCCC2)C1. The molecule has 2 aromatic rings. The highest BCUT2D eigenvalue weighted by Gasteiger charge is 2.34. The number of halogens is 4. The summed E-state index contributed by atoms with van der Waals surface area (Å²) in [5.41, 5.74) is 0.925. The minimum Gasteiger partial charge on any atom is -0.331 e. The molecule has 1 atom stereocenters. The number of benzene rings is 2. The summed E-state index contributed by atoms with van der Waals surface area (Å²) < 4.78 is 39.4. The summed E-state index contributed by atoms with van der Waals surface area (Å²) in [6.45, 7) is 2.38. The summed E-state index contributed by atoms with van der Waals surface area (Å²) >= 11 is 3.45. The van der Waals surface area contributed by atoms with E-state index in [9.17, 15) is 18.0 Å². The number of nitrogens with zero attached hydrogens (tertiary/aromatic N) is 2. The van der Waals surface area contributed by atoms with E-state index in [1.165, 1.54) is 43.9 Å². The van der Waals surface area contributed by atoms with Crippen molar-refractivity contribution in [2.45, 2.75) is 56.9 Å². The first kappa shape index (κ1) is 24.0. The van der Waals surface area contributed by atoms with E-state index in [2.05, 4.69) is 20.8 Å². The van der Waals surface area contributed by atoms with Gasteiger partial charge in [-0.1, -0.05) is 53.0 Å². The fraction of sp³-hybridized carbons (Fsp3) is 0.423. The molecule has 0 bridgehead atoms. The van der Waals surface area contributed by atoms with Crippen molar-refractivity contribution in [3.63, 3.8) is 0 Å². The Bertz CT molecular complexity index is 967. The maximum absolute atomic E-state index is 13.3. The summed E-state index contributed by atoms with van der Waals surface area (Å²) in [5.74, 6) is -0.115. The summed E-state index contributed by atoms with van der Waals surface area (Å²) in [5, 5.41) is 0. The van der Waals surface area contributed by atoms with Crippen LogP contribution in [0, 0.1) is 0 Å². The number of carbonyl (C=O) groups excluding carboxylic acids is 1. The van der Waals surface area contributed by atoms with Crippen LogP contribution in [0.15, 0.2) is 59.1 Å². The highest BCUT2D eigenvalue weighted by Crippen LogP contribution is 2.30. The molecule has 4 rings (SSSR count). The molecule has 1 saturated heterocycles. The molecule has 7 heteroatoms. The first-order chi connectivity index (χ1) is 15.8. The molecule has 3 nitrogen and oxygen atoms in total. The van der Waals surface area contributed by atoms with Gasteiger partial charge < -0.3 is 4.90 Å². The van der Waals surface area contributed by atoms with Crippen LogP contribution in [-0.4, -0.2) is 40.9 Å². The number of amides is 1. The van der Waals surface area contributed by atoms with E-state index in [1.807, 2.05) is 29.2 Å². The Morgan fingerprint density at radius 1 is 1.03 bits per heavy atom. The number of carbonyl (C=O) groups is 1. The van der Waals surface area contributed by atoms with Gasteiger partial charge in [0.25, 0.3) is 0 Å². The zero-order valence-corrected chi connectivity index (χ0v) is 20.0. The Morgan fingerprint density at radius 3 is 2.33 bits per heavy atom. The molecule has 1 aliphatic carbocycles. The van der Waals surface area contributed by atoms with Crippen LogP contribution >= 0.6 is 15.9 Å². The van der Waals surface area contributed by atoms with Crippen molar-refractivity contribution in [1.29, 1.82) is 0 Å². The molecule has 1 amide bonds. The fourth-order valence-electron chi connectivity index (χ4n) is 4.84. The van der Waals surface area contributed by atoms with Crippen molar-refractivity contribution in [3.05, 3.63) is 75.8 Å². The molecule has 0 radical (unpaired) electrons. The van der Waals surface area contributed by atoms with Gasteiger partial charge in [0.05, 0.1) is 5.56 Å². The van der Waals surface area contributed by atoms with Gasteiger partial charge in [-0.25, -0.2) is 0 Å². The second kappa shape index (κ2) is 10.4. The Hall–Kier alpha value is -2.12. The van der Waals surface area contributed by atoms with Gasteiger partial charge in [-0.3, -0.25) is 9.69 Å². The number of hydrogen-bond acceptors (Lipinski definition) is 2. The molecule has 2 fully saturated rings. The largest absolute Gasteiger partial charge is 0.416 e. The molecule has 0 unspecified atom stereocenters. The number of hydrogen-bond donors (Lipinski definition) is 0. The summed E-state index contributed by atoms with van der Waals surface area (Å²) in [6, 6.07) is 13.6. The molecular weight excluding hydrogens is 493 g/mol. The average molecular weight is 521 g/mol. The second-order valence-electron chi connectivity index (χ2n) is 8.92. The smallest absolute Gasteiger partial charge is 0.331 e. The molecular formula is C26H28BrF3N2O. The van der Waals surface area contributed by atoms with Crippen LogP contribution in [0.2, 0.25) is 0 Å². The quantitative estimate of drug-likeness (QED) is 0.404. The maximum atomic E-state index is 13.3. The lowest BCUT2D eigenvalue weighted by atomic mass is 10.1. The van der Waals surface area contributed by atoms with E-state index in [4.69, 9.17) is 0 Å². The third-order valence-corrected chi connectivity index (χ3v) is 7.21. The van der Waals surface area contributed by atoms with Crippen LogP contribution in [-0.2, 0) is 17.5 Å². The Balaban J connectivity index is 1.48. The van der Waals surface area contributed by atoms with E-state index >= 15 is 0 Å². The molecule has 2 aliphatic rings. The minimum atomic E-state index is -4.37. The molecule has 1 aliphatic heterocycles. The highest BCUT2D eigenvalue weighted by atomic mass is 79.9. The molecule has 1 saturated carbocycles. The maximum Gasteiger partial charge on any atom is 0.416 e. The lowest BCUT2D eigenvalue weighted by Gasteiger charge is -2.30. The predicted octanol–water partition coefficient (Wildman–Crippen LogP) is 6.53. The van der Waals surface area contributed by atoms with E-state index in [0.29, 0.717) is 18.2 Å². The number of likely N-dealkylation sites (tertiary alicyclic amines) is 1. The highest BCUT2D eigenvalue weighted by molar-refractivity contribution is 9.10. The van der Waals surface area contributed by atoms with Crippen molar-refractivity contribution < 1.29 is 18.0 Å². The molecule has 1 heterocycles. The number of alkyl halides is 3. The van der Waals surface area contributed by atoms with Crippen molar-refractivity contribution in [1.82, 2.24) is 9.80 Å². The van der Waals surface area contributed by atoms with E-state index in [1.54, 1.807) is 6.08 Å². The summed E-state index contributed by atoms with van der Waals surface area (Å²) in [4.78, 5) is 17.7. The predicted molar refractivity (Wildman–Crippen MR) is 127 cm³/mol. The van der Waals surface area contributed by atoms with Crippen LogP contribution in [0.25, 0.3) is 6.08 Å². The average Bonchev–Trinajstić information content (AvgIpc) is 3.49. The van der Waals surface area contributed by atoms with Crippen LogP contribution in [0.4, 0.5) is 13.2 Å². The zero-order chi connectivity index (χ0) is 23.4. The molecule has 33 heavy (non-hydrogen) atoms. The van der Waals surface area contributed by atoms with Crippen LogP contribution in [0.3, 0.4) is 0 Å². The van der Waals surface area contributed by atoms with E-state index < -0.39 is 11.7 Å². The Kier molecular flexibility index (Phi) is 7.59. The van der Waals surface area contributed by atoms with Gasteiger partial charge in [0.1, 0.15) is 0 Å². The third kappa shape index (κ3) is 6.27. The van der Waals surface area contributed by atoms with E-state index in [-0.39, 0.29) is 11.9 Å². The van der Waals surface area contributed by atoms with Gasteiger partial charge in [0.2, 0.25) is 5.91 Å². The normalized spacial score (nSPS) is 20.1. The molecule has 0 N–H and O–H groups in total. The van der Waals surface area contributed by atoms with Crippen molar-refractivity contribution in [3.8, 4) is 0 Å². The van der Waals surface area contributed by atoms with Gasteiger partial charge >= 0.3 is 6.18 Å². The molecule has 2 aromatic carbocycles. The molecule has 0 aromatic heterocycles. The van der Waals surface area contributed by atoms with Crippen molar-refractivity contribution in [2.75, 3.05) is 13.1 Å². The van der Waals surface area contributed by atoms with Crippen molar-refractivity contribution >= 4 is 27.9 Å². The lowest BCUT2D eigenvalue weighted by Crippen LogP contribution is -2.42. The third-order valence-electron chi connectivity index (χ3n) is 6.68. The van der Waals surface area contributed by atoms with Crippen molar-refractivity contribution in [2.24, 2.45) is 0 Å². The van der Waals surface area contributed by atoms with Gasteiger partial charge in [-0.2, -0.15) is 13.2 Å². The second-order valence-corrected chi connectivity index (χ2v) is 9.84. The monoisotopic (exact) mass is 520 g/mol. The lowest BCUT2D eigenvalue weighted by molar-refractivity contribution is -0.137. The zero-order valence-electron chi connectivity index (χ0n) is 18.4. The number of rotatable bonds is 6. The van der Waals surface area contributed by atoms with Crippen LogP contribution in [0.5, 0.6) is 0 Å². The Morgan fingerprint density at radius 2 is 1.70 bits per heavy atom. The fourth-order valence-corrected chi connectivity index (χ4v) is 5.11. The standard InChI is InChI=1S/C26H28BrF3N2O/c27-22-12-7-20(8-13-22)17-32(24-15-16-31(18-24)23-3-1-2-4-23)25(33)14-9-19-5-10-21(11-6-19)26(28,29)30/h5-14,23-24H,1-4,15-18H2/b14-9+/t24-/m0/s1. The van der Waals surface area contributed by atoms with Crippen LogP contribution in [0.1, 0.15) is 48.8 Å². The molecule has 176 valence electrons. The van der Waals surface area contributed by atoms with Gasteiger partial charge in [0.15, 0.2) is 0 Å². The van der Waals surface area contributed by atoms with Gasteiger partial charge in [-0.15, -0.1) is 0 Å². The Labute approximate surface area is 201 Å².